The molecule has 2 heterocycles. The summed E-state index contributed by atoms with van der Waals surface area (Å²) < 4.78 is 33.3. The van der Waals surface area contributed by atoms with Crippen LogP contribution in [0, 0.1) is 11.6 Å². The molecule has 3 rings (SSSR count). The zero-order valence-electron chi connectivity index (χ0n) is 17.6. The summed E-state index contributed by atoms with van der Waals surface area (Å²) in [6, 6.07) is 4.26. The third-order valence-corrected chi connectivity index (χ3v) is 5.39. The van der Waals surface area contributed by atoms with Crippen LogP contribution in [0.1, 0.15) is 38.2 Å². The quantitative estimate of drug-likeness (QED) is 0.242. The van der Waals surface area contributed by atoms with Crippen molar-refractivity contribution < 1.29 is 13.5 Å². The Balaban J connectivity index is 0.00000320. The molecule has 8 heteroatoms. The van der Waals surface area contributed by atoms with Crippen molar-refractivity contribution >= 4 is 29.9 Å². The maximum Gasteiger partial charge on any atom is 0.191 e. The molecule has 1 aromatic rings. The van der Waals surface area contributed by atoms with Crippen LogP contribution in [0.5, 0.6) is 0 Å². The fourth-order valence-electron chi connectivity index (χ4n) is 3.84. The standard InChI is InChI=1S/C22H32F2N4O.HI/c1-2-25-22(26-11-8-17-9-13-29-14-10-17)27-18-5-4-12-28(15-18)16-19-20(23)6-3-7-21(19)24;/h3,6-7,9,18H,2,4-5,8,10-16H2,1H3,(H2,25,26,27);1H. The summed E-state index contributed by atoms with van der Waals surface area (Å²) in [4.78, 5) is 6.82. The van der Waals surface area contributed by atoms with Gasteiger partial charge < -0.3 is 15.4 Å². The predicted octanol–water partition coefficient (Wildman–Crippen LogP) is 3.84. The lowest BCUT2D eigenvalue weighted by Crippen LogP contribution is -2.51. The Hall–Kier alpha value is -1.26. The van der Waals surface area contributed by atoms with E-state index in [0.717, 1.165) is 64.4 Å². The number of nitrogens with zero attached hydrogens (tertiary/aromatic N) is 2. The third kappa shape index (κ3) is 7.77. The maximum absolute atomic E-state index is 14.0. The number of likely N-dealkylation sites (tertiary alicyclic amines) is 1. The van der Waals surface area contributed by atoms with Gasteiger partial charge in [0.2, 0.25) is 0 Å². The van der Waals surface area contributed by atoms with Crippen molar-refractivity contribution in [3.63, 3.8) is 0 Å². The molecule has 2 aliphatic heterocycles. The van der Waals surface area contributed by atoms with E-state index in [4.69, 9.17) is 9.73 Å². The van der Waals surface area contributed by atoms with Gasteiger partial charge >= 0.3 is 0 Å². The summed E-state index contributed by atoms with van der Waals surface area (Å²) in [5.74, 6) is -0.140. The largest absolute Gasteiger partial charge is 0.377 e. The summed E-state index contributed by atoms with van der Waals surface area (Å²) in [5, 5.41) is 6.81. The zero-order valence-corrected chi connectivity index (χ0v) is 20.0. The first-order chi connectivity index (χ1) is 14.2. The molecule has 0 radical (unpaired) electrons. The van der Waals surface area contributed by atoms with E-state index in [2.05, 4.69) is 21.6 Å². The summed E-state index contributed by atoms with van der Waals surface area (Å²) in [7, 11) is 0. The van der Waals surface area contributed by atoms with E-state index in [1.54, 1.807) is 0 Å². The lowest BCUT2D eigenvalue weighted by atomic mass is 10.0. The molecule has 0 bridgehead atoms. The second-order valence-electron chi connectivity index (χ2n) is 7.62. The van der Waals surface area contributed by atoms with Crippen LogP contribution in [0.15, 0.2) is 34.8 Å². The molecular formula is C22H33F2IN4O. The lowest BCUT2D eigenvalue weighted by molar-refractivity contribution is 0.153. The van der Waals surface area contributed by atoms with Gasteiger partial charge in [0.25, 0.3) is 0 Å². The van der Waals surface area contributed by atoms with Crippen LogP contribution in [0.2, 0.25) is 0 Å². The van der Waals surface area contributed by atoms with Gasteiger partial charge in [-0.2, -0.15) is 0 Å². The van der Waals surface area contributed by atoms with Gasteiger partial charge in [-0.05, 0) is 51.3 Å². The van der Waals surface area contributed by atoms with Crippen molar-refractivity contribution in [1.29, 1.82) is 0 Å². The number of halogens is 3. The fourth-order valence-corrected chi connectivity index (χ4v) is 3.84. The van der Waals surface area contributed by atoms with E-state index in [9.17, 15) is 8.78 Å². The van der Waals surface area contributed by atoms with E-state index in [0.29, 0.717) is 13.2 Å². The van der Waals surface area contributed by atoms with Crippen molar-refractivity contribution in [2.24, 2.45) is 4.99 Å². The Bertz CT molecular complexity index is 709. The molecule has 1 saturated heterocycles. The monoisotopic (exact) mass is 534 g/mol. The van der Waals surface area contributed by atoms with E-state index in [1.807, 2.05) is 6.92 Å². The molecule has 5 nitrogen and oxygen atoms in total. The molecule has 0 spiro atoms. The van der Waals surface area contributed by atoms with Gasteiger partial charge in [0.05, 0.1) is 13.2 Å². The van der Waals surface area contributed by atoms with E-state index in [-0.39, 0.29) is 35.6 Å². The Morgan fingerprint density at radius 3 is 2.80 bits per heavy atom. The van der Waals surface area contributed by atoms with E-state index in [1.165, 1.54) is 23.8 Å². The number of ether oxygens (including phenoxy) is 1. The molecule has 1 atom stereocenters. The molecule has 1 fully saturated rings. The first-order valence-electron chi connectivity index (χ1n) is 10.6. The summed E-state index contributed by atoms with van der Waals surface area (Å²) in [5.41, 5.74) is 1.56. The number of benzene rings is 1. The molecule has 0 amide bonds. The Morgan fingerprint density at radius 2 is 2.10 bits per heavy atom. The molecule has 168 valence electrons. The van der Waals surface area contributed by atoms with Crippen LogP contribution in [0.3, 0.4) is 0 Å². The van der Waals surface area contributed by atoms with Gasteiger partial charge in [-0.1, -0.05) is 17.7 Å². The molecule has 0 aromatic heterocycles. The molecular weight excluding hydrogens is 501 g/mol. The number of aliphatic imine (C=N–C) groups is 1. The van der Waals surface area contributed by atoms with Crippen LogP contribution in [0.4, 0.5) is 8.78 Å². The van der Waals surface area contributed by atoms with Gasteiger partial charge in [0.15, 0.2) is 5.96 Å². The molecule has 0 saturated carbocycles. The minimum atomic E-state index is -0.475. The normalized spacial score (nSPS) is 20.3. The smallest absolute Gasteiger partial charge is 0.191 e. The lowest BCUT2D eigenvalue weighted by Gasteiger charge is -2.34. The minimum Gasteiger partial charge on any atom is -0.377 e. The molecule has 30 heavy (non-hydrogen) atoms. The Labute approximate surface area is 195 Å². The Kier molecular flexibility index (Phi) is 11.0. The maximum atomic E-state index is 14.0. The number of hydrogen-bond donors (Lipinski definition) is 2. The number of piperidine rings is 1. The van der Waals surface area contributed by atoms with Gasteiger partial charge in [0.1, 0.15) is 11.6 Å². The first-order valence-corrected chi connectivity index (χ1v) is 10.6. The number of rotatable bonds is 7. The number of guanidine groups is 1. The highest BCUT2D eigenvalue weighted by Gasteiger charge is 2.22. The predicted molar refractivity (Wildman–Crippen MR) is 127 cm³/mol. The third-order valence-electron chi connectivity index (χ3n) is 5.39. The highest BCUT2D eigenvalue weighted by atomic mass is 127. The van der Waals surface area contributed by atoms with Gasteiger partial charge in [-0.3, -0.25) is 9.89 Å². The molecule has 2 aliphatic rings. The van der Waals surface area contributed by atoms with Crippen LogP contribution in [-0.2, 0) is 11.3 Å². The average molecular weight is 534 g/mol. The molecule has 1 aromatic carbocycles. The van der Waals surface area contributed by atoms with Crippen LogP contribution in [-0.4, -0.2) is 56.3 Å². The van der Waals surface area contributed by atoms with Gasteiger partial charge in [-0.15, -0.1) is 24.0 Å². The average Bonchev–Trinajstić information content (AvgIpc) is 2.72. The minimum absolute atomic E-state index is 0. The summed E-state index contributed by atoms with van der Waals surface area (Å²) in [6.45, 7) is 6.95. The van der Waals surface area contributed by atoms with Crippen molar-refractivity contribution in [3.8, 4) is 0 Å². The topological polar surface area (TPSA) is 48.9 Å². The highest BCUT2D eigenvalue weighted by Crippen LogP contribution is 2.18. The van der Waals surface area contributed by atoms with Gasteiger partial charge in [-0.25, -0.2) is 8.78 Å². The van der Waals surface area contributed by atoms with Crippen LogP contribution >= 0.6 is 24.0 Å². The highest BCUT2D eigenvalue weighted by molar-refractivity contribution is 14.0. The van der Waals surface area contributed by atoms with Crippen LogP contribution < -0.4 is 10.6 Å². The first kappa shape index (κ1) is 25.0. The van der Waals surface area contributed by atoms with Crippen molar-refractivity contribution in [2.75, 3.05) is 39.4 Å². The van der Waals surface area contributed by atoms with Crippen molar-refractivity contribution in [3.05, 3.63) is 47.0 Å². The van der Waals surface area contributed by atoms with Crippen LogP contribution in [0.25, 0.3) is 0 Å². The second-order valence-corrected chi connectivity index (χ2v) is 7.62. The summed E-state index contributed by atoms with van der Waals surface area (Å²) in [6.07, 6.45) is 6.09. The Morgan fingerprint density at radius 1 is 1.30 bits per heavy atom. The zero-order chi connectivity index (χ0) is 20.5. The molecule has 0 aliphatic carbocycles. The molecule has 1 unspecified atom stereocenters. The van der Waals surface area contributed by atoms with Gasteiger partial charge in [0, 0.05) is 37.8 Å². The fraction of sp³-hybridized carbons (Fsp3) is 0.591. The van der Waals surface area contributed by atoms with E-state index < -0.39 is 11.6 Å². The van der Waals surface area contributed by atoms with E-state index >= 15 is 0 Å². The molecule has 2 N–H and O–H groups in total. The van der Waals surface area contributed by atoms with Crippen molar-refractivity contribution in [1.82, 2.24) is 15.5 Å². The van der Waals surface area contributed by atoms with Crippen molar-refractivity contribution in [2.45, 2.75) is 45.2 Å². The number of hydrogen-bond acceptors (Lipinski definition) is 3. The number of nitrogens with one attached hydrogen (secondary N) is 2. The second kappa shape index (κ2) is 13.2. The SMILES string of the molecule is CCNC(=NCCC1=CCOCC1)NC1CCCN(Cc2c(F)cccc2F)C1.I. The summed E-state index contributed by atoms with van der Waals surface area (Å²) >= 11 is 0.